The van der Waals surface area contributed by atoms with Crippen LogP contribution in [0, 0.1) is 11.8 Å². The number of benzene rings is 1. The summed E-state index contributed by atoms with van der Waals surface area (Å²) >= 11 is 9.15. The molecule has 1 saturated carbocycles. The number of halogens is 2. The summed E-state index contributed by atoms with van der Waals surface area (Å²) in [7, 11) is 0. The van der Waals surface area contributed by atoms with Gasteiger partial charge in [-0.1, -0.05) is 11.6 Å². The van der Waals surface area contributed by atoms with E-state index >= 15 is 0 Å². The van der Waals surface area contributed by atoms with E-state index in [0.29, 0.717) is 34.4 Å². The van der Waals surface area contributed by atoms with Crippen LogP contribution in [0.15, 0.2) is 22.7 Å². The Morgan fingerprint density at radius 3 is 2.58 bits per heavy atom. The molecular weight excluding hydrogens is 334 g/mol. The van der Waals surface area contributed by atoms with Crippen molar-refractivity contribution in [2.24, 2.45) is 11.8 Å². The third-order valence-electron chi connectivity index (χ3n) is 3.34. The topological polar surface area (TPSA) is 66.4 Å². The molecule has 6 heteroatoms. The van der Waals surface area contributed by atoms with Crippen LogP contribution in [0.1, 0.15) is 19.3 Å². The van der Waals surface area contributed by atoms with Crippen LogP contribution in [0.4, 0.5) is 5.69 Å². The lowest BCUT2D eigenvalue weighted by Crippen LogP contribution is -2.21. The molecule has 19 heavy (non-hydrogen) atoms. The predicted molar refractivity (Wildman–Crippen MR) is 76.2 cm³/mol. The van der Waals surface area contributed by atoms with E-state index in [9.17, 15) is 9.59 Å². The second-order valence-electron chi connectivity index (χ2n) is 4.66. The molecule has 0 saturated heterocycles. The molecule has 2 N–H and O–H groups in total. The highest BCUT2D eigenvalue weighted by Crippen LogP contribution is 2.33. The van der Waals surface area contributed by atoms with Gasteiger partial charge in [0.15, 0.2) is 0 Å². The molecule has 1 aromatic rings. The second-order valence-corrected chi connectivity index (χ2v) is 5.95. The van der Waals surface area contributed by atoms with Gasteiger partial charge in [0.1, 0.15) is 0 Å². The van der Waals surface area contributed by atoms with Gasteiger partial charge in [0, 0.05) is 15.4 Å². The van der Waals surface area contributed by atoms with Crippen molar-refractivity contribution in [1.82, 2.24) is 0 Å². The molecule has 2 unspecified atom stereocenters. The highest BCUT2D eigenvalue weighted by Gasteiger charge is 2.33. The Kier molecular flexibility index (Phi) is 4.47. The smallest absolute Gasteiger partial charge is 0.306 e. The summed E-state index contributed by atoms with van der Waals surface area (Å²) in [5, 5.41) is 12.3. The van der Waals surface area contributed by atoms with E-state index in [2.05, 4.69) is 21.2 Å². The van der Waals surface area contributed by atoms with E-state index in [1.807, 2.05) is 0 Å². The highest BCUT2D eigenvalue weighted by molar-refractivity contribution is 9.10. The van der Waals surface area contributed by atoms with Crippen molar-refractivity contribution >= 4 is 45.1 Å². The van der Waals surface area contributed by atoms with Crippen LogP contribution in [0.3, 0.4) is 0 Å². The van der Waals surface area contributed by atoms with Crippen molar-refractivity contribution in [3.63, 3.8) is 0 Å². The van der Waals surface area contributed by atoms with E-state index in [0.717, 1.165) is 0 Å². The molecule has 0 radical (unpaired) electrons. The number of nitrogens with one attached hydrogen (secondary N) is 1. The van der Waals surface area contributed by atoms with Gasteiger partial charge in [-0.25, -0.2) is 0 Å². The molecule has 1 aliphatic carbocycles. The summed E-state index contributed by atoms with van der Waals surface area (Å²) in [4.78, 5) is 22.9. The quantitative estimate of drug-likeness (QED) is 0.879. The lowest BCUT2D eigenvalue weighted by molar-refractivity contribution is -0.141. The molecule has 0 spiro atoms. The Labute approximate surface area is 124 Å². The van der Waals surface area contributed by atoms with Crippen LogP contribution in [0.2, 0.25) is 5.02 Å². The van der Waals surface area contributed by atoms with Crippen LogP contribution < -0.4 is 5.32 Å². The van der Waals surface area contributed by atoms with Crippen molar-refractivity contribution < 1.29 is 14.7 Å². The first-order valence-electron chi connectivity index (χ1n) is 5.96. The Hall–Kier alpha value is -1.07. The molecule has 0 aromatic heterocycles. The molecule has 1 aliphatic rings. The molecule has 102 valence electrons. The van der Waals surface area contributed by atoms with Gasteiger partial charge in [0.05, 0.1) is 11.6 Å². The molecule has 4 nitrogen and oxygen atoms in total. The van der Waals surface area contributed by atoms with Crippen molar-refractivity contribution in [2.75, 3.05) is 5.32 Å². The fourth-order valence-corrected chi connectivity index (χ4v) is 3.05. The number of hydrogen-bond acceptors (Lipinski definition) is 2. The summed E-state index contributed by atoms with van der Waals surface area (Å²) in [6.07, 6.45) is 1.59. The average Bonchev–Trinajstić information content (AvgIpc) is 2.82. The van der Waals surface area contributed by atoms with Gasteiger partial charge in [-0.3, -0.25) is 9.59 Å². The third-order valence-corrected chi connectivity index (χ3v) is 4.23. The molecule has 2 atom stereocenters. The fourth-order valence-electron chi connectivity index (χ4n) is 2.27. The number of rotatable bonds is 3. The fraction of sp³-hybridized carbons (Fsp3) is 0.385. The van der Waals surface area contributed by atoms with E-state index in [4.69, 9.17) is 16.7 Å². The number of carbonyl (C=O) groups is 2. The lowest BCUT2D eigenvalue weighted by Gasteiger charge is -2.12. The number of anilines is 1. The highest BCUT2D eigenvalue weighted by atomic mass is 79.9. The minimum atomic E-state index is -0.817. The summed E-state index contributed by atoms with van der Waals surface area (Å²) in [6.45, 7) is 0. The van der Waals surface area contributed by atoms with Crippen molar-refractivity contribution in [2.45, 2.75) is 19.3 Å². The van der Waals surface area contributed by atoms with Gasteiger partial charge in [-0.05, 0) is 53.4 Å². The van der Waals surface area contributed by atoms with Crippen molar-refractivity contribution in [3.05, 3.63) is 27.7 Å². The lowest BCUT2D eigenvalue weighted by atomic mass is 10.0. The molecule has 2 rings (SSSR count). The standard InChI is InChI=1S/C13H13BrClNO3/c14-10-6-9(15)3-4-11(10)16-12(17)7-1-2-8(5-7)13(18)19/h3-4,6-8H,1-2,5H2,(H,16,17)(H,18,19). The van der Waals surface area contributed by atoms with Gasteiger partial charge in [0.2, 0.25) is 5.91 Å². The van der Waals surface area contributed by atoms with E-state index in [-0.39, 0.29) is 11.8 Å². The van der Waals surface area contributed by atoms with E-state index < -0.39 is 11.9 Å². The first-order chi connectivity index (χ1) is 8.97. The van der Waals surface area contributed by atoms with Crippen LogP contribution in [0.5, 0.6) is 0 Å². The average molecular weight is 347 g/mol. The SMILES string of the molecule is O=C(O)C1CCC(C(=O)Nc2ccc(Cl)cc2Br)C1. The second kappa shape index (κ2) is 5.92. The summed E-state index contributed by atoms with van der Waals surface area (Å²) in [5.74, 6) is -1.58. The normalized spacial score (nSPS) is 22.2. The largest absolute Gasteiger partial charge is 0.481 e. The first kappa shape index (κ1) is 14.3. The van der Waals surface area contributed by atoms with Crippen LogP contribution in [-0.4, -0.2) is 17.0 Å². The van der Waals surface area contributed by atoms with Gasteiger partial charge >= 0.3 is 5.97 Å². The Bertz CT molecular complexity index is 521. The number of carbonyl (C=O) groups excluding carboxylic acids is 1. The minimum absolute atomic E-state index is 0.133. The molecule has 0 heterocycles. The van der Waals surface area contributed by atoms with Crippen LogP contribution in [0.25, 0.3) is 0 Å². The molecule has 1 aromatic carbocycles. The third kappa shape index (κ3) is 3.48. The molecule has 1 fully saturated rings. The molecule has 0 bridgehead atoms. The van der Waals surface area contributed by atoms with Gasteiger partial charge < -0.3 is 10.4 Å². The maximum Gasteiger partial charge on any atom is 0.306 e. The summed E-state index contributed by atoms with van der Waals surface area (Å²) < 4.78 is 0.709. The zero-order valence-electron chi connectivity index (χ0n) is 10.0. The summed E-state index contributed by atoms with van der Waals surface area (Å²) in [6, 6.07) is 5.11. The Morgan fingerprint density at radius 1 is 1.32 bits per heavy atom. The van der Waals surface area contributed by atoms with E-state index in [1.54, 1.807) is 18.2 Å². The molecule has 1 amide bonds. The zero-order chi connectivity index (χ0) is 14.0. The first-order valence-corrected chi connectivity index (χ1v) is 7.13. The number of amides is 1. The van der Waals surface area contributed by atoms with E-state index in [1.165, 1.54) is 0 Å². The summed E-state index contributed by atoms with van der Waals surface area (Å²) in [5.41, 5.74) is 0.646. The molecule has 0 aliphatic heterocycles. The van der Waals surface area contributed by atoms with Crippen LogP contribution >= 0.6 is 27.5 Å². The van der Waals surface area contributed by atoms with Crippen molar-refractivity contribution in [1.29, 1.82) is 0 Å². The van der Waals surface area contributed by atoms with Gasteiger partial charge in [0.25, 0.3) is 0 Å². The van der Waals surface area contributed by atoms with Crippen molar-refractivity contribution in [3.8, 4) is 0 Å². The number of aliphatic carboxylic acids is 1. The van der Waals surface area contributed by atoms with Gasteiger partial charge in [-0.2, -0.15) is 0 Å². The maximum atomic E-state index is 12.1. The number of hydrogen-bond donors (Lipinski definition) is 2. The molecular formula is C13H13BrClNO3. The minimum Gasteiger partial charge on any atom is -0.481 e. The van der Waals surface area contributed by atoms with Crippen LogP contribution in [-0.2, 0) is 9.59 Å². The zero-order valence-corrected chi connectivity index (χ0v) is 12.4. The maximum absolute atomic E-state index is 12.1. The predicted octanol–water partition coefficient (Wildman–Crippen LogP) is 3.54. The van der Waals surface area contributed by atoms with Gasteiger partial charge in [-0.15, -0.1) is 0 Å². The number of carboxylic acid groups (broad SMARTS) is 1. The monoisotopic (exact) mass is 345 g/mol. The Balaban J connectivity index is 2.00. The Morgan fingerprint density at radius 2 is 2.00 bits per heavy atom. The number of carboxylic acids is 1.